The third kappa shape index (κ3) is 3.79. The van der Waals surface area contributed by atoms with Gasteiger partial charge in [0.1, 0.15) is 11.1 Å². The molecule has 0 bridgehead atoms. The van der Waals surface area contributed by atoms with Crippen molar-refractivity contribution in [1.29, 1.82) is 0 Å². The molecule has 2 aliphatic rings. The third-order valence-corrected chi connectivity index (χ3v) is 4.66. The zero-order chi connectivity index (χ0) is 17.5. The van der Waals surface area contributed by atoms with Crippen molar-refractivity contribution in [3.63, 3.8) is 0 Å². The summed E-state index contributed by atoms with van der Waals surface area (Å²) in [6.45, 7) is 13.5. The molecule has 1 amide bonds. The third-order valence-electron chi connectivity index (χ3n) is 4.66. The molecule has 0 unspecified atom stereocenters. The SMILES string of the molecule is CCOC(=O)C(C)(C)N1CCN(C(=O)OC(C)(C)C)C2(CC2)C1. The lowest BCUT2D eigenvalue weighted by atomic mass is 9.99. The van der Waals surface area contributed by atoms with E-state index in [1.165, 1.54) is 0 Å². The summed E-state index contributed by atoms with van der Waals surface area (Å²) in [6.07, 6.45) is 1.67. The fraction of sp³-hybridized carbons (Fsp3) is 0.882. The van der Waals surface area contributed by atoms with Crippen molar-refractivity contribution in [2.45, 2.75) is 71.1 Å². The number of rotatable bonds is 3. The lowest BCUT2D eigenvalue weighted by Crippen LogP contribution is -2.64. The van der Waals surface area contributed by atoms with Crippen LogP contribution >= 0.6 is 0 Å². The van der Waals surface area contributed by atoms with Crippen LogP contribution in [-0.2, 0) is 14.3 Å². The predicted octanol–water partition coefficient (Wildman–Crippen LogP) is 2.41. The Hall–Kier alpha value is -1.30. The van der Waals surface area contributed by atoms with Crippen molar-refractivity contribution >= 4 is 12.1 Å². The molecular formula is C17H30N2O4. The average Bonchev–Trinajstić information content (AvgIpc) is 3.16. The fourth-order valence-electron chi connectivity index (χ4n) is 3.07. The number of ether oxygens (including phenoxy) is 2. The molecule has 2 rings (SSSR count). The van der Waals surface area contributed by atoms with E-state index in [0.717, 1.165) is 12.8 Å². The van der Waals surface area contributed by atoms with Crippen molar-refractivity contribution in [2.75, 3.05) is 26.2 Å². The summed E-state index contributed by atoms with van der Waals surface area (Å²) in [5.74, 6) is -0.207. The van der Waals surface area contributed by atoms with Gasteiger partial charge in [-0.15, -0.1) is 0 Å². The highest BCUT2D eigenvalue weighted by atomic mass is 16.6. The summed E-state index contributed by atoms with van der Waals surface area (Å²) < 4.78 is 10.7. The van der Waals surface area contributed by atoms with Gasteiger partial charge < -0.3 is 9.47 Å². The molecule has 0 aromatic heterocycles. The minimum absolute atomic E-state index is 0.176. The van der Waals surface area contributed by atoms with Crippen LogP contribution in [0, 0.1) is 0 Å². The van der Waals surface area contributed by atoms with Crippen molar-refractivity contribution < 1.29 is 19.1 Å². The first-order chi connectivity index (χ1) is 10.5. The molecule has 1 heterocycles. The van der Waals surface area contributed by atoms with Gasteiger partial charge in [-0.05, 0) is 54.4 Å². The average molecular weight is 326 g/mol. The minimum Gasteiger partial charge on any atom is -0.465 e. The summed E-state index contributed by atoms with van der Waals surface area (Å²) in [7, 11) is 0. The number of amides is 1. The van der Waals surface area contributed by atoms with Crippen molar-refractivity contribution in [1.82, 2.24) is 9.80 Å². The number of hydrogen-bond acceptors (Lipinski definition) is 5. The first kappa shape index (κ1) is 18.0. The Morgan fingerprint density at radius 1 is 1.09 bits per heavy atom. The van der Waals surface area contributed by atoms with Crippen LogP contribution in [-0.4, -0.2) is 64.8 Å². The van der Waals surface area contributed by atoms with Crippen LogP contribution < -0.4 is 0 Å². The quantitative estimate of drug-likeness (QED) is 0.746. The maximum Gasteiger partial charge on any atom is 0.410 e. The Bertz CT molecular complexity index is 477. The lowest BCUT2D eigenvalue weighted by molar-refractivity contribution is -0.158. The maximum atomic E-state index is 12.5. The molecule has 6 heteroatoms. The van der Waals surface area contributed by atoms with Crippen LogP contribution in [0.2, 0.25) is 0 Å². The molecule has 1 saturated heterocycles. The molecule has 1 aliphatic carbocycles. The zero-order valence-electron chi connectivity index (χ0n) is 15.3. The van der Waals surface area contributed by atoms with Crippen molar-refractivity contribution in [3.8, 4) is 0 Å². The van der Waals surface area contributed by atoms with E-state index in [1.807, 2.05) is 46.4 Å². The van der Waals surface area contributed by atoms with Gasteiger partial charge in [0.25, 0.3) is 0 Å². The van der Waals surface area contributed by atoms with Crippen molar-refractivity contribution in [2.24, 2.45) is 0 Å². The summed E-state index contributed by atoms with van der Waals surface area (Å²) in [5, 5.41) is 0. The van der Waals surface area contributed by atoms with E-state index in [-0.39, 0.29) is 17.6 Å². The molecule has 6 nitrogen and oxygen atoms in total. The molecule has 132 valence electrons. The van der Waals surface area contributed by atoms with Crippen LogP contribution in [0.1, 0.15) is 54.4 Å². The molecular weight excluding hydrogens is 296 g/mol. The maximum absolute atomic E-state index is 12.5. The summed E-state index contributed by atoms with van der Waals surface area (Å²) in [5.41, 5.74) is -1.34. The summed E-state index contributed by atoms with van der Waals surface area (Å²) >= 11 is 0. The molecule has 0 N–H and O–H groups in total. The molecule has 0 aromatic carbocycles. The van der Waals surface area contributed by atoms with Gasteiger partial charge in [-0.25, -0.2) is 4.79 Å². The van der Waals surface area contributed by atoms with E-state index in [9.17, 15) is 9.59 Å². The fourth-order valence-corrected chi connectivity index (χ4v) is 3.07. The Balaban J connectivity index is 2.06. The Kier molecular flexibility index (Phi) is 4.68. The van der Waals surface area contributed by atoms with Gasteiger partial charge >= 0.3 is 12.1 Å². The first-order valence-corrected chi connectivity index (χ1v) is 8.45. The number of hydrogen-bond donors (Lipinski definition) is 0. The summed E-state index contributed by atoms with van der Waals surface area (Å²) in [4.78, 5) is 28.7. The van der Waals surface area contributed by atoms with E-state index in [0.29, 0.717) is 26.2 Å². The molecule has 1 saturated carbocycles. The van der Waals surface area contributed by atoms with Crippen LogP contribution in [0.4, 0.5) is 4.79 Å². The monoisotopic (exact) mass is 326 g/mol. The second-order valence-corrected chi connectivity index (χ2v) is 8.06. The molecule has 1 spiro atoms. The Morgan fingerprint density at radius 2 is 1.70 bits per heavy atom. The standard InChI is InChI=1S/C17H30N2O4/c1-7-22-13(20)16(5,6)18-10-11-19(17(12-18)8-9-17)14(21)23-15(2,3)4/h7-12H2,1-6H3. The van der Waals surface area contributed by atoms with Gasteiger partial charge in [-0.1, -0.05) is 0 Å². The van der Waals surface area contributed by atoms with Gasteiger partial charge in [0.2, 0.25) is 0 Å². The van der Waals surface area contributed by atoms with E-state index >= 15 is 0 Å². The number of carbonyl (C=O) groups excluding carboxylic acids is 2. The molecule has 0 atom stereocenters. The van der Waals surface area contributed by atoms with Gasteiger partial charge in [-0.3, -0.25) is 14.6 Å². The topological polar surface area (TPSA) is 59.1 Å². The predicted molar refractivity (Wildman–Crippen MR) is 87.2 cm³/mol. The molecule has 1 aliphatic heterocycles. The smallest absolute Gasteiger partial charge is 0.410 e. The molecule has 2 fully saturated rings. The molecule has 0 radical (unpaired) electrons. The van der Waals surface area contributed by atoms with Gasteiger partial charge in [0.05, 0.1) is 12.1 Å². The van der Waals surface area contributed by atoms with E-state index in [4.69, 9.17) is 9.47 Å². The van der Waals surface area contributed by atoms with E-state index < -0.39 is 11.1 Å². The summed E-state index contributed by atoms with van der Waals surface area (Å²) in [6, 6.07) is 0. The van der Waals surface area contributed by atoms with Gasteiger partial charge in [0, 0.05) is 19.6 Å². The highest BCUT2D eigenvalue weighted by Crippen LogP contribution is 2.46. The number of piperazine rings is 1. The van der Waals surface area contributed by atoms with Crippen LogP contribution in [0.15, 0.2) is 0 Å². The normalized spacial score (nSPS) is 21.2. The van der Waals surface area contributed by atoms with E-state index in [2.05, 4.69) is 4.90 Å². The Labute approximate surface area is 139 Å². The highest BCUT2D eigenvalue weighted by molar-refractivity contribution is 5.80. The second kappa shape index (κ2) is 5.96. The minimum atomic E-state index is -0.675. The molecule has 23 heavy (non-hydrogen) atoms. The van der Waals surface area contributed by atoms with Gasteiger partial charge in [-0.2, -0.15) is 0 Å². The first-order valence-electron chi connectivity index (χ1n) is 8.45. The van der Waals surface area contributed by atoms with Gasteiger partial charge in [0.15, 0.2) is 0 Å². The Morgan fingerprint density at radius 3 is 2.17 bits per heavy atom. The second-order valence-electron chi connectivity index (χ2n) is 8.06. The highest BCUT2D eigenvalue weighted by Gasteiger charge is 2.56. The lowest BCUT2D eigenvalue weighted by Gasteiger charge is -2.47. The van der Waals surface area contributed by atoms with E-state index in [1.54, 1.807) is 0 Å². The van der Waals surface area contributed by atoms with Crippen LogP contribution in [0.5, 0.6) is 0 Å². The number of nitrogens with zero attached hydrogens (tertiary/aromatic N) is 2. The number of carbonyl (C=O) groups is 2. The van der Waals surface area contributed by atoms with Crippen LogP contribution in [0.3, 0.4) is 0 Å². The van der Waals surface area contributed by atoms with Crippen LogP contribution in [0.25, 0.3) is 0 Å². The van der Waals surface area contributed by atoms with Crippen molar-refractivity contribution in [3.05, 3.63) is 0 Å². The zero-order valence-corrected chi connectivity index (χ0v) is 15.3. The largest absolute Gasteiger partial charge is 0.465 e. The number of esters is 1. The molecule has 0 aromatic rings.